The molecule has 0 aliphatic rings. The van der Waals surface area contributed by atoms with Crippen LogP contribution in [0.4, 0.5) is 10.1 Å². The maximum Gasteiger partial charge on any atom is 0.259 e. The third-order valence-corrected chi connectivity index (χ3v) is 3.58. The molecular formula is C15H13BrFNO2. The van der Waals surface area contributed by atoms with E-state index in [0.29, 0.717) is 10.0 Å². The Kier molecular flexibility index (Phi) is 4.39. The van der Waals surface area contributed by atoms with Crippen LogP contribution in [0.5, 0.6) is 5.75 Å². The molecule has 2 aromatic carbocycles. The highest BCUT2D eigenvalue weighted by Crippen LogP contribution is 2.23. The highest BCUT2D eigenvalue weighted by molar-refractivity contribution is 9.10. The lowest BCUT2D eigenvalue weighted by atomic mass is 10.2. The number of nitrogens with zero attached hydrogens (tertiary/aromatic N) is 1. The number of carbonyl (C=O) groups is 1. The van der Waals surface area contributed by atoms with Gasteiger partial charge in [0.05, 0.1) is 12.7 Å². The van der Waals surface area contributed by atoms with Crippen molar-refractivity contribution >= 4 is 27.5 Å². The maximum atomic E-state index is 13.0. The third kappa shape index (κ3) is 2.99. The molecule has 0 unspecified atom stereocenters. The standard InChI is InChI=1S/C15H13BrFNO2/c1-18(11-4-6-12(20-2)7-5-11)15(19)13-8-3-10(17)9-14(13)16/h3-9H,1-2H3. The van der Waals surface area contributed by atoms with Gasteiger partial charge in [-0.1, -0.05) is 0 Å². The second-order valence-electron chi connectivity index (χ2n) is 4.19. The third-order valence-electron chi connectivity index (χ3n) is 2.93. The van der Waals surface area contributed by atoms with Crippen molar-refractivity contribution in [3.8, 4) is 5.75 Å². The normalized spacial score (nSPS) is 10.2. The van der Waals surface area contributed by atoms with Crippen LogP contribution in [0.3, 0.4) is 0 Å². The lowest BCUT2D eigenvalue weighted by Gasteiger charge is -2.18. The second-order valence-corrected chi connectivity index (χ2v) is 5.04. The molecule has 0 N–H and O–H groups in total. The summed E-state index contributed by atoms with van der Waals surface area (Å²) in [7, 11) is 3.25. The van der Waals surface area contributed by atoms with Gasteiger partial charge in [0, 0.05) is 17.2 Å². The maximum absolute atomic E-state index is 13.0. The summed E-state index contributed by atoms with van der Waals surface area (Å²) < 4.78 is 18.6. The Balaban J connectivity index is 2.27. The molecule has 20 heavy (non-hydrogen) atoms. The Bertz CT molecular complexity index is 628. The van der Waals surface area contributed by atoms with E-state index in [9.17, 15) is 9.18 Å². The van der Waals surface area contributed by atoms with Crippen LogP contribution in [0.15, 0.2) is 46.9 Å². The lowest BCUT2D eigenvalue weighted by Crippen LogP contribution is -2.26. The molecule has 0 atom stereocenters. The van der Waals surface area contributed by atoms with Crippen molar-refractivity contribution in [1.29, 1.82) is 0 Å². The predicted octanol–water partition coefficient (Wildman–Crippen LogP) is 3.87. The van der Waals surface area contributed by atoms with E-state index in [0.717, 1.165) is 11.4 Å². The smallest absolute Gasteiger partial charge is 0.259 e. The summed E-state index contributed by atoms with van der Waals surface area (Å²) in [5.41, 5.74) is 1.14. The van der Waals surface area contributed by atoms with Gasteiger partial charge in [0.15, 0.2) is 0 Å². The number of benzene rings is 2. The number of hydrogen-bond acceptors (Lipinski definition) is 2. The van der Waals surface area contributed by atoms with E-state index < -0.39 is 0 Å². The first kappa shape index (κ1) is 14.5. The molecule has 2 rings (SSSR count). The molecule has 0 spiro atoms. The number of amides is 1. The molecule has 104 valence electrons. The summed E-state index contributed by atoms with van der Waals surface area (Å²) >= 11 is 3.20. The van der Waals surface area contributed by atoms with Gasteiger partial charge in [-0.05, 0) is 58.4 Å². The van der Waals surface area contributed by atoms with E-state index >= 15 is 0 Å². The van der Waals surface area contributed by atoms with E-state index in [1.807, 2.05) is 0 Å². The van der Waals surface area contributed by atoms with Gasteiger partial charge in [0.1, 0.15) is 11.6 Å². The van der Waals surface area contributed by atoms with Gasteiger partial charge in [-0.3, -0.25) is 4.79 Å². The van der Waals surface area contributed by atoms with E-state index in [-0.39, 0.29) is 11.7 Å². The van der Waals surface area contributed by atoms with Crippen molar-refractivity contribution in [3.05, 3.63) is 58.3 Å². The summed E-state index contributed by atoms with van der Waals surface area (Å²) in [5.74, 6) is 0.111. The Labute approximate surface area is 125 Å². The molecule has 0 bridgehead atoms. The number of carbonyl (C=O) groups excluding carboxylic acids is 1. The Morgan fingerprint density at radius 3 is 2.40 bits per heavy atom. The summed E-state index contributed by atoms with van der Waals surface area (Å²) in [6.07, 6.45) is 0. The van der Waals surface area contributed by atoms with Crippen LogP contribution in [0.1, 0.15) is 10.4 Å². The molecule has 2 aromatic rings. The molecule has 0 aromatic heterocycles. The minimum atomic E-state index is -0.388. The van der Waals surface area contributed by atoms with Gasteiger partial charge in [-0.2, -0.15) is 0 Å². The minimum Gasteiger partial charge on any atom is -0.497 e. The van der Waals surface area contributed by atoms with Crippen LogP contribution in [0.2, 0.25) is 0 Å². The van der Waals surface area contributed by atoms with Crippen molar-refractivity contribution in [2.75, 3.05) is 19.1 Å². The van der Waals surface area contributed by atoms with Gasteiger partial charge in [-0.15, -0.1) is 0 Å². The van der Waals surface area contributed by atoms with E-state index in [4.69, 9.17) is 4.74 Å². The van der Waals surface area contributed by atoms with Crippen molar-refractivity contribution in [3.63, 3.8) is 0 Å². The molecule has 1 amide bonds. The van der Waals surface area contributed by atoms with Crippen LogP contribution in [0, 0.1) is 5.82 Å². The van der Waals surface area contributed by atoms with Gasteiger partial charge in [0.25, 0.3) is 5.91 Å². The molecule has 0 radical (unpaired) electrons. The number of hydrogen-bond donors (Lipinski definition) is 0. The predicted molar refractivity (Wildman–Crippen MR) is 79.8 cm³/mol. The number of halogens is 2. The zero-order valence-corrected chi connectivity index (χ0v) is 12.6. The fraction of sp³-hybridized carbons (Fsp3) is 0.133. The van der Waals surface area contributed by atoms with Crippen LogP contribution in [-0.4, -0.2) is 20.1 Å². The molecule has 5 heteroatoms. The van der Waals surface area contributed by atoms with Crippen LogP contribution < -0.4 is 9.64 Å². The zero-order chi connectivity index (χ0) is 14.7. The highest BCUT2D eigenvalue weighted by atomic mass is 79.9. The summed E-state index contributed by atoms with van der Waals surface area (Å²) in [6, 6.07) is 11.1. The molecule has 0 fully saturated rings. The molecule has 0 saturated heterocycles. The van der Waals surface area contributed by atoms with Crippen molar-refractivity contribution in [2.45, 2.75) is 0 Å². The zero-order valence-electron chi connectivity index (χ0n) is 11.1. The largest absolute Gasteiger partial charge is 0.497 e. The van der Waals surface area contributed by atoms with Gasteiger partial charge in [-0.25, -0.2) is 4.39 Å². The topological polar surface area (TPSA) is 29.5 Å². The summed E-state index contributed by atoms with van der Waals surface area (Å²) in [6.45, 7) is 0. The van der Waals surface area contributed by atoms with Gasteiger partial charge in [0.2, 0.25) is 0 Å². The molecular weight excluding hydrogens is 325 g/mol. The van der Waals surface area contributed by atoms with E-state index in [2.05, 4.69) is 15.9 Å². The quantitative estimate of drug-likeness (QED) is 0.850. The Morgan fingerprint density at radius 1 is 1.20 bits per heavy atom. The van der Waals surface area contributed by atoms with Crippen LogP contribution in [0.25, 0.3) is 0 Å². The van der Waals surface area contributed by atoms with Crippen molar-refractivity contribution in [1.82, 2.24) is 0 Å². The van der Waals surface area contributed by atoms with Crippen LogP contribution in [-0.2, 0) is 0 Å². The van der Waals surface area contributed by atoms with Gasteiger partial charge < -0.3 is 9.64 Å². The monoisotopic (exact) mass is 337 g/mol. The van der Waals surface area contributed by atoms with Crippen molar-refractivity contribution in [2.24, 2.45) is 0 Å². The van der Waals surface area contributed by atoms with Crippen molar-refractivity contribution < 1.29 is 13.9 Å². The SMILES string of the molecule is COc1ccc(N(C)C(=O)c2ccc(F)cc2Br)cc1. The fourth-order valence-electron chi connectivity index (χ4n) is 1.77. The van der Waals surface area contributed by atoms with Crippen LogP contribution >= 0.6 is 15.9 Å². The van der Waals surface area contributed by atoms with Gasteiger partial charge >= 0.3 is 0 Å². The average molecular weight is 338 g/mol. The lowest BCUT2D eigenvalue weighted by molar-refractivity contribution is 0.0992. The number of anilines is 1. The minimum absolute atomic E-state index is 0.220. The molecule has 0 aliphatic heterocycles. The van der Waals surface area contributed by atoms with E-state index in [1.54, 1.807) is 38.4 Å². The highest BCUT2D eigenvalue weighted by Gasteiger charge is 2.16. The Morgan fingerprint density at radius 2 is 1.85 bits per heavy atom. The number of ether oxygens (including phenoxy) is 1. The summed E-state index contributed by atoms with van der Waals surface area (Å²) in [4.78, 5) is 13.9. The molecule has 0 aliphatic carbocycles. The first-order chi connectivity index (χ1) is 9.52. The number of methoxy groups -OCH3 is 1. The first-order valence-electron chi connectivity index (χ1n) is 5.90. The summed E-state index contributed by atoms with van der Waals surface area (Å²) in [5, 5.41) is 0. The average Bonchev–Trinajstić information content (AvgIpc) is 2.46. The second kappa shape index (κ2) is 6.05. The fourth-order valence-corrected chi connectivity index (χ4v) is 2.29. The number of rotatable bonds is 3. The Hall–Kier alpha value is -1.88. The molecule has 3 nitrogen and oxygen atoms in total. The first-order valence-corrected chi connectivity index (χ1v) is 6.69. The molecule has 0 heterocycles. The van der Waals surface area contributed by atoms with E-state index in [1.165, 1.54) is 23.1 Å². The molecule has 0 saturated carbocycles.